The summed E-state index contributed by atoms with van der Waals surface area (Å²) in [5, 5.41) is 20.0. The second-order valence-corrected chi connectivity index (χ2v) is 7.25. The summed E-state index contributed by atoms with van der Waals surface area (Å²) in [5.74, 6) is 0.769. The van der Waals surface area contributed by atoms with Gasteiger partial charge in [0.2, 0.25) is 0 Å². The molecule has 2 aromatic rings. The summed E-state index contributed by atoms with van der Waals surface area (Å²) in [4.78, 5) is 3.32. The number of fused-ring (bicyclic) bond motifs is 1. The molecule has 0 amide bonds. The van der Waals surface area contributed by atoms with Crippen molar-refractivity contribution in [1.29, 1.82) is 5.26 Å². The molecule has 0 bridgehead atoms. The number of nitriles is 1. The molecule has 0 radical (unpaired) electrons. The highest BCUT2D eigenvalue weighted by atomic mass is 32.1. The van der Waals surface area contributed by atoms with Crippen LogP contribution in [0.1, 0.15) is 21.6 Å². The molecule has 1 atom stereocenters. The van der Waals surface area contributed by atoms with E-state index in [-0.39, 0.29) is 6.61 Å². The fraction of sp³-hybridized carbons (Fsp3) is 0.389. The molecular formula is C18H21N3O2S. The first kappa shape index (κ1) is 16.8. The minimum absolute atomic E-state index is 0.266. The molecule has 0 aliphatic carbocycles. The fourth-order valence-electron chi connectivity index (χ4n) is 2.93. The Morgan fingerprint density at radius 3 is 2.88 bits per heavy atom. The van der Waals surface area contributed by atoms with Crippen molar-refractivity contribution in [3.8, 4) is 11.8 Å². The van der Waals surface area contributed by atoms with Crippen molar-refractivity contribution in [2.24, 2.45) is 0 Å². The van der Waals surface area contributed by atoms with E-state index in [0.717, 1.165) is 35.7 Å². The maximum Gasteiger partial charge on any atom is 0.119 e. The van der Waals surface area contributed by atoms with E-state index in [4.69, 9.17) is 10.5 Å². The van der Waals surface area contributed by atoms with E-state index in [0.29, 0.717) is 17.1 Å². The molecule has 3 N–H and O–H groups in total. The van der Waals surface area contributed by atoms with Crippen molar-refractivity contribution in [1.82, 2.24) is 4.90 Å². The molecular weight excluding hydrogens is 322 g/mol. The zero-order valence-corrected chi connectivity index (χ0v) is 14.5. The van der Waals surface area contributed by atoms with Gasteiger partial charge in [0.15, 0.2) is 0 Å². The van der Waals surface area contributed by atoms with Crippen molar-refractivity contribution < 1.29 is 9.84 Å². The standard InChI is InChI=1S/C18H21N3O2S/c1-12-2-4-14(5-3-12)23-11-13(22)9-21-7-6-15-16(8-19)18(20)24-17(15)10-21/h2-5,13,22H,6-7,9-11,20H2,1H3. The number of nitrogen functional groups attached to an aromatic ring is 1. The zero-order chi connectivity index (χ0) is 17.1. The number of thiophene rings is 1. The molecule has 126 valence electrons. The second kappa shape index (κ2) is 7.22. The Labute approximate surface area is 145 Å². The van der Waals surface area contributed by atoms with Gasteiger partial charge >= 0.3 is 0 Å². The highest BCUT2D eigenvalue weighted by molar-refractivity contribution is 7.16. The molecule has 1 aliphatic rings. The molecule has 6 heteroatoms. The average molecular weight is 343 g/mol. The number of ether oxygens (including phenoxy) is 1. The summed E-state index contributed by atoms with van der Waals surface area (Å²) < 4.78 is 5.64. The molecule has 2 heterocycles. The molecule has 1 aliphatic heterocycles. The molecule has 5 nitrogen and oxygen atoms in total. The van der Waals surface area contributed by atoms with Crippen LogP contribution < -0.4 is 10.5 Å². The van der Waals surface area contributed by atoms with E-state index < -0.39 is 6.10 Å². The SMILES string of the molecule is Cc1ccc(OCC(O)CN2CCc3c(sc(N)c3C#N)C2)cc1. The Morgan fingerprint density at radius 2 is 2.17 bits per heavy atom. The van der Waals surface area contributed by atoms with Gasteiger partial charge in [0, 0.05) is 24.5 Å². The Kier molecular flexibility index (Phi) is 5.05. The van der Waals surface area contributed by atoms with Crippen molar-refractivity contribution >= 4 is 16.3 Å². The van der Waals surface area contributed by atoms with Crippen LogP contribution in [0.15, 0.2) is 24.3 Å². The van der Waals surface area contributed by atoms with Gasteiger partial charge in [-0.3, -0.25) is 4.90 Å². The lowest BCUT2D eigenvalue weighted by molar-refractivity contribution is 0.0642. The summed E-state index contributed by atoms with van der Waals surface area (Å²) in [6, 6.07) is 9.99. The van der Waals surface area contributed by atoms with Crippen LogP contribution in [-0.4, -0.2) is 35.8 Å². The molecule has 1 aromatic carbocycles. The molecule has 3 rings (SSSR count). The first-order chi connectivity index (χ1) is 11.6. The number of benzene rings is 1. The second-order valence-electron chi connectivity index (χ2n) is 6.12. The number of aliphatic hydroxyl groups is 1. The Balaban J connectivity index is 1.53. The minimum Gasteiger partial charge on any atom is -0.491 e. The van der Waals surface area contributed by atoms with Crippen LogP contribution in [0.2, 0.25) is 0 Å². The highest BCUT2D eigenvalue weighted by Gasteiger charge is 2.24. The number of β-amino-alcohol motifs (C(OH)–C–C–N with tert-alkyl or cyclic N) is 1. The van der Waals surface area contributed by atoms with Crippen molar-refractivity contribution in [2.75, 3.05) is 25.4 Å². The van der Waals surface area contributed by atoms with Gasteiger partial charge in [0.05, 0.1) is 5.56 Å². The predicted octanol–water partition coefficient (Wildman–Crippen LogP) is 2.31. The third-order valence-corrected chi connectivity index (χ3v) is 5.25. The van der Waals surface area contributed by atoms with Crippen LogP contribution in [0, 0.1) is 18.3 Å². The molecule has 1 aromatic heterocycles. The monoisotopic (exact) mass is 343 g/mol. The van der Waals surface area contributed by atoms with Gasteiger partial charge in [0.1, 0.15) is 29.5 Å². The Bertz CT molecular complexity index is 749. The number of anilines is 1. The molecule has 1 unspecified atom stereocenters. The summed E-state index contributed by atoms with van der Waals surface area (Å²) >= 11 is 1.48. The van der Waals surface area contributed by atoms with E-state index in [1.807, 2.05) is 31.2 Å². The van der Waals surface area contributed by atoms with Crippen molar-refractivity contribution in [3.63, 3.8) is 0 Å². The Hall–Kier alpha value is -2.07. The topological polar surface area (TPSA) is 82.5 Å². The van der Waals surface area contributed by atoms with Crippen LogP contribution >= 0.6 is 11.3 Å². The number of nitrogens with two attached hydrogens (primary N) is 1. The molecule has 0 saturated heterocycles. The average Bonchev–Trinajstić information content (AvgIpc) is 2.88. The van der Waals surface area contributed by atoms with E-state index in [2.05, 4.69) is 11.0 Å². The minimum atomic E-state index is -0.555. The van der Waals surface area contributed by atoms with Gasteiger partial charge in [-0.15, -0.1) is 11.3 Å². The third kappa shape index (κ3) is 3.70. The van der Waals surface area contributed by atoms with Crippen LogP contribution in [0.4, 0.5) is 5.00 Å². The summed E-state index contributed by atoms with van der Waals surface area (Å²) in [6.45, 7) is 4.39. The summed E-state index contributed by atoms with van der Waals surface area (Å²) in [7, 11) is 0. The van der Waals surface area contributed by atoms with Crippen LogP contribution in [0.25, 0.3) is 0 Å². The normalized spacial score (nSPS) is 15.5. The van der Waals surface area contributed by atoms with Crippen LogP contribution in [-0.2, 0) is 13.0 Å². The molecule has 24 heavy (non-hydrogen) atoms. The first-order valence-corrected chi connectivity index (χ1v) is 8.78. The molecule has 0 saturated carbocycles. The Morgan fingerprint density at radius 1 is 1.42 bits per heavy atom. The van der Waals surface area contributed by atoms with E-state index in [1.54, 1.807) is 0 Å². The van der Waals surface area contributed by atoms with Crippen LogP contribution in [0.5, 0.6) is 5.75 Å². The zero-order valence-electron chi connectivity index (χ0n) is 13.7. The van der Waals surface area contributed by atoms with Gasteiger partial charge in [-0.1, -0.05) is 17.7 Å². The van der Waals surface area contributed by atoms with Gasteiger partial charge in [-0.25, -0.2) is 0 Å². The quantitative estimate of drug-likeness (QED) is 0.870. The van der Waals surface area contributed by atoms with Crippen molar-refractivity contribution in [2.45, 2.75) is 26.0 Å². The number of rotatable bonds is 5. The first-order valence-electron chi connectivity index (χ1n) is 7.97. The highest BCUT2D eigenvalue weighted by Crippen LogP contribution is 2.34. The van der Waals surface area contributed by atoms with Gasteiger partial charge in [-0.2, -0.15) is 5.26 Å². The van der Waals surface area contributed by atoms with Crippen molar-refractivity contribution in [3.05, 3.63) is 45.8 Å². The third-order valence-electron chi connectivity index (χ3n) is 4.21. The lowest BCUT2D eigenvalue weighted by Crippen LogP contribution is -2.38. The smallest absolute Gasteiger partial charge is 0.119 e. The number of aryl methyl sites for hydroxylation is 1. The number of hydrogen-bond acceptors (Lipinski definition) is 6. The maximum absolute atomic E-state index is 10.2. The maximum atomic E-state index is 10.2. The van der Waals surface area contributed by atoms with Crippen LogP contribution in [0.3, 0.4) is 0 Å². The molecule has 0 spiro atoms. The van der Waals surface area contributed by atoms with E-state index in [9.17, 15) is 10.4 Å². The number of aliphatic hydroxyl groups excluding tert-OH is 1. The largest absolute Gasteiger partial charge is 0.491 e. The lowest BCUT2D eigenvalue weighted by atomic mass is 10.0. The number of nitrogens with zero attached hydrogens (tertiary/aromatic N) is 2. The van der Waals surface area contributed by atoms with E-state index >= 15 is 0 Å². The summed E-state index contributed by atoms with van der Waals surface area (Å²) in [5.41, 5.74) is 8.81. The number of hydrogen-bond donors (Lipinski definition) is 2. The predicted molar refractivity (Wildman–Crippen MR) is 95.1 cm³/mol. The van der Waals surface area contributed by atoms with Gasteiger partial charge < -0.3 is 15.6 Å². The van der Waals surface area contributed by atoms with Gasteiger partial charge in [-0.05, 0) is 31.0 Å². The molecule has 0 fully saturated rings. The summed E-state index contributed by atoms with van der Waals surface area (Å²) in [6.07, 6.45) is 0.248. The lowest BCUT2D eigenvalue weighted by Gasteiger charge is -2.28. The van der Waals surface area contributed by atoms with Gasteiger partial charge in [0.25, 0.3) is 0 Å². The van der Waals surface area contributed by atoms with E-state index in [1.165, 1.54) is 16.9 Å². The fourth-order valence-corrected chi connectivity index (χ4v) is 4.04.